The van der Waals surface area contributed by atoms with Gasteiger partial charge in [0.2, 0.25) is 5.91 Å². The molecule has 0 fully saturated rings. The van der Waals surface area contributed by atoms with E-state index in [0.29, 0.717) is 16.1 Å². The van der Waals surface area contributed by atoms with Crippen molar-refractivity contribution >= 4 is 29.1 Å². The fraction of sp³-hybridized carbons (Fsp3) is 0.176. The van der Waals surface area contributed by atoms with Crippen molar-refractivity contribution in [2.45, 2.75) is 18.0 Å². The molecule has 0 saturated carbocycles. The third-order valence-electron chi connectivity index (χ3n) is 3.11. The molecule has 0 bridgehead atoms. The highest BCUT2D eigenvalue weighted by Crippen LogP contribution is 2.31. The lowest BCUT2D eigenvalue weighted by molar-refractivity contribution is -0.137. The number of nitrogens with one attached hydrogen (secondary N) is 1. The lowest BCUT2D eigenvalue weighted by Crippen LogP contribution is -2.14. The van der Waals surface area contributed by atoms with Crippen LogP contribution in [0.3, 0.4) is 0 Å². The zero-order chi connectivity index (χ0) is 17.7. The molecule has 2 aromatic rings. The number of hydrogen-bond donors (Lipinski definition) is 1. The molecule has 2 rings (SSSR count). The first-order valence-electron chi connectivity index (χ1n) is 6.96. The minimum absolute atomic E-state index is 0.0181. The molecule has 0 aliphatic rings. The van der Waals surface area contributed by atoms with Crippen molar-refractivity contribution in [2.24, 2.45) is 0 Å². The predicted molar refractivity (Wildman–Crippen MR) is 87.2 cm³/mol. The highest BCUT2D eigenvalue weighted by molar-refractivity contribution is 8.00. The number of ketones is 1. The van der Waals surface area contributed by atoms with Gasteiger partial charge in [-0.15, -0.1) is 11.8 Å². The van der Waals surface area contributed by atoms with E-state index in [2.05, 4.69) is 5.32 Å². The lowest BCUT2D eigenvalue weighted by atomic mass is 10.1. The molecule has 0 saturated heterocycles. The second kappa shape index (κ2) is 7.53. The van der Waals surface area contributed by atoms with Crippen molar-refractivity contribution in [3.8, 4) is 0 Å². The fourth-order valence-electron chi connectivity index (χ4n) is 1.90. The monoisotopic (exact) mass is 353 g/mol. The van der Waals surface area contributed by atoms with Crippen LogP contribution in [0.25, 0.3) is 0 Å². The molecular weight excluding hydrogens is 339 g/mol. The maximum Gasteiger partial charge on any atom is 0.416 e. The third kappa shape index (κ3) is 5.13. The molecule has 126 valence electrons. The molecule has 0 spiro atoms. The van der Waals surface area contributed by atoms with Gasteiger partial charge in [-0.25, -0.2) is 0 Å². The molecule has 7 heteroatoms. The SMILES string of the molecule is CC(=O)c1ccc(NC(=O)CSc2cccc(C(F)(F)F)c2)cc1. The number of halogens is 3. The van der Waals surface area contributed by atoms with Gasteiger partial charge in [0.15, 0.2) is 5.78 Å². The van der Waals surface area contributed by atoms with E-state index in [9.17, 15) is 22.8 Å². The summed E-state index contributed by atoms with van der Waals surface area (Å²) >= 11 is 1.02. The van der Waals surface area contributed by atoms with Gasteiger partial charge in [0.25, 0.3) is 0 Å². The van der Waals surface area contributed by atoms with E-state index in [1.54, 1.807) is 24.3 Å². The Balaban J connectivity index is 1.92. The van der Waals surface area contributed by atoms with Crippen LogP contribution < -0.4 is 5.32 Å². The van der Waals surface area contributed by atoms with Crippen LogP contribution in [-0.4, -0.2) is 17.4 Å². The Labute approximate surface area is 141 Å². The zero-order valence-electron chi connectivity index (χ0n) is 12.7. The molecule has 0 heterocycles. The van der Waals surface area contributed by atoms with E-state index in [1.807, 2.05) is 0 Å². The number of carbonyl (C=O) groups is 2. The smallest absolute Gasteiger partial charge is 0.325 e. The van der Waals surface area contributed by atoms with Gasteiger partial charge >= 0.3 is 6.18 Å². The number of alkyl halides is 3. The normalized spacial score (nSPS) is 11.2. The van der Waals surface area contributed by atoms with Crippen LogP contribution in [0, 0.1) is 0 Å². The molecule has 0 aliphatic heterocycles. The van der Waals surface area contributed by atoms with Gasteiger partial charge in [-0.05, 0) is 49.4 Å². The molecule has 24 heavy (non-hydrogen) atoms. The van der Waals surface area contributed by atoms with Crippen molar-refractivity contribution in [1.29, 1.82) is 0 Å². The van der Waals surface area contributed by atoms with Gasteiger partial charge in [-0.2, -0.15) is 13.2 Å². The van der Waals surface area contributed by atoms with Gasteiger partial charge < -0.3 is 5.32 Å². The zero-order valence-corrected chi connectivity index (χ0v) is 13.5. The molecule has 1 amide bonds. The summed E-state index contributed by atoms with van der Waals surface area (Å²) in [6.45, 7) is 1.44. The van der Waals surface area contributed by atoms with Crippen LogP contribution in [0.15, 0.2) is 53.4 Å². The molecule has 0 aliphatic carbocycles. The molecule has 0 atom stereocenters. The predicted octanol–water partition coefficient (Wildman–Crippen LogP) is 4.64. The van der Waals surface area contributed by atoms with Gasteiger partial charge in [0.1, 0.15) is 0 Å². The topological polar surface area (TPSA) is 46.2 Å². The summed E-state index contributed by atoms with van der Waals surface area (Å²) in [5, 5.41) is 2.63. The molecular formula is C17H14F3NO2S. The summed E-state index contributed by atoms with van der Waals surface area (Å²) in [6.07, 6.45) is -4.41. The van der Waals surface area contributed by atoms with E-state index in [0.717, 1.165) is 23.9 Å². The van der Waals surface area contributed by atoms with E-state index in [1.165, 1.54) is 19.1 Å². The van der Waals surface area contributed by atoms with Crippen LogP contribution in [-0.2, 0) is 11.0 Å². The minimum Gasteiger partial charge on any atom is -0.325 e. The first-order chi connectivity index (χ1) is 11.3. The van der Waals surface area contributed by atoms with Crippen LogP contribution in [0.1, 0.15) is 22.8 Å². The molecule has 0 radical (unpaired) electrons. The Kier molecular flexibility index (Phi) is 5.66. The number of hydrogen-bond acceptors (Lipinski definition) is 3. The summed E-state index contributed by atoms with van der Waals surface area (Å²) < 4.78 is 37.9. The molecule has 0 unspecified atom stereocenters. The Morgan fingerprint density at radius 1 is 1.08 bits per heavy atom. The van der Waals surface area contributed by atoms with E-state index in [-0.39, 0.29) is 17.4 Å². The van der Waals surface area contributed by atoms with Gasteiger partial charge in [-0.3, -0.25) is 9.59 Å². The highest BCUT2D eigenvalue weighted by atomic mass is 32.2. The first kappa shape index (κ1) is 18.1. The number of amides is 1. The summed E-state index contributed by atoms with van der Waals surface area (Å²) in [5.41, 5.74) is 0.314. The van der Waals surface area contributed by atoms with Crippen molar-refractivity contribution in [3.05, 3.63) is 59.7 Å². The molecule has 3 nitrogen and oxygen atoms in total. The number of benzene rings is 2. The van der Waals surface area contributed by atoms with Crippen molar-refractivity contribution in [3.63, 3.8) is 0 Å². The van der Waals surface area contributed by atoms with Crippen molar-refractivity contribution in [1.82, 2.24) is 0 Å². The average molecular weight is 353 g/mol. The Hall–Kier alpha value is -2.28. The quantitative estimate of drug-likeness (QED) is 0.629. The third-order valence-corrected chi connectivity index (χ3v) is 4.10. The Bertz CT molecular complexity index is 742. The van der Waals surface area contributed by atoms with Gasteiger partial charge in [0.05, 0.1) is 11.3 Å². The summed E-state index contributed by atoms with van der Waals surface area (Å²) in [5.74, 6) is -0.434. The number of Topliss-reactive ketones (excluding diaryl/α,β-unsaturated/α-hetero) is 1. The van der Waals surface area contributed by atoms with E-state index < -0.39 is 11.7 Å². The highest BCUT2D eigenvalue weighted by Gasteiger charge is 2.30. The van der Waals surface area contributed by atoms with E-state index in [4.69, 9.17) is 0 Å². The standard InChI is InChI=1S/C17H14F3NO2S/c1-11(22)12-5-7-14(8-6-12)21-16(23)10-24-15-4-2-3-13(9-15)17(18,19)20/h2-9H,10H2,1H3,(H,21,23). The van der Waals surface area contributed by atoms with Crippen LogP contribution >= 0.6 is 11.8 Å². The largest absolute Gasteiger partial charge is 0.416 e. The minimum atomic E-state index is -4.41. The van der Waals surface area contributed by atoms with Crippen LogP contribution in [0.5, 0.6) is 0 Å². The second-order valence-corrected chi connectivity index (χ2v) is 6.04. The maximum absolute atomic E-state index is 12.6. The Morgan fingerprint density at radius 3 is 2.33 bits per heavy atom. The van der Waals surface area contributed by atoms with Crippen LogP contribution in [0.2, 0.25) is 0 Å². The van der Waals surface area contributed by atoms with Crippen LogP contribution in [0.4, 0.5) is 18.9 Å². The average Bonchev–Trinajstić information content (AvgIpc) is 2.53. The second-order valence-electron chi connectivity index (χ2n) is 5.00. The van der Waals surface area contributed by atoms with Gasteiger partial charge in [-0.1, -0.05) is 6.07 Å². The molecule has 2 aromatic carbocycles. The van der Waals surface area contributed by atoms with Gasteiger partial charge in [0, 0.05) is 16.1 Å². The lowest BCUT2D eigenvalue weighted by Gasteiger charge is -2.09. The van der Waals surface area contributed by atoms with Crippen molar-refractivity contribution < 1.29 is 22.8 Å². The number of anilines is 1. The summed E-state index contributed by atoms with van der Waals surface area (Å²) in [6, 6.07) is 11.2. The fourth-order valence-corrected chi connectivity index (χ4v) is 2.65. The maximum atomic E-state index is 12.6. The van der Waals surface area contributed by atoms with Crippen molar-refractivity contribution in [2.75, 3.05) is 11.1 Å². The van der Waals surface area contributed by atoms with E-state index >= 15 is 0 Å². The molecule has 1 N–H and O–H groups in total. The molecule has 0 aromatic heterocycles. The summed E-state index contributed by atoms with van der Waals surface area (Å²) in [4.78, 5) is 23.4. The Morgan fingerprint density at radius 2 is 1.75 bits per heavy atom. The summed E-state index contributed by atoms with van der Waals surface area (Å²) in [7, 11) is 0. The number of carbonyl (C=O) groups excluding carboxylic acids is 2. The number of thioether (sulfide) groups is 1. The first-order valence-corrected chi connectivity index (χ1v) is 7.95. The number of rotatable bonds is 5.